The van der Waals surface area contributed by atoms with Gasteiger partial charge in [-0.2, -0.15) is 0 Å². The zero-order chi connectivity index (χ0) is 10.5. The summed E-state index contributed by atoms with van der Waals surface area (Å²) in [6, 6.07) is 4.00. The molecule has 1 aromatic heterocycles. The molecule has 1 unspecified atom stereocenters. The first-order chi connectivity index (χ1) is 7.38. The number of nitrogens with one attached hydrogen (secondary N) is 1. The Bertz CT molecular complexity index is 281. The lowest BCUT2D eigenvalue weighted by Crippen LogP contribution is -2.34. The van der Waals surface area contributed by atoms with Gasteiger partial charge in [-0.15, -0.1) is 0 Å². The molecule has 0 bridgehead atoms. The molecule has 1 saturated heterocycles. The Morgan fingerprint density at radius 2 is 2.33 bits per heavy atom. The molecule has 2 heterocycles. The highest BCUT2D eigenvalue weighted by Gasteiger charge is 2.21. The summed E-state index contributed by atoms with van der Waals surface area (Å²) in [5.41, 5.74) is 0.914. The average molecular weight is 206 g/mol. The van der Waals surface area contributed by atoms with E-state index in [1.165, 1.54) is 19.3 Å². The normalized spacial score (nSPS) is 24.5. The molecule has 3 heteroatoms. The molecular formula is C12H18N2O. The summed E-state index contributed by atoms with van der Waals surface area (Å²) in [6.45, 7) is 1.02. The molecule has 15 heavy (non-hydrogen) atoms. The van der Waals surface area contributed by atoms with Crippen LogP contribution >= 0.6 is 0 Å². The van der Waals surface area contributed by atoms with Crippen molar-refractivity contribution in [3.63, 3.8) is 0 Å². The number of hydrogen-bond donors (Lipinski definition) is 2. The predicted octanol–water partition coefficient (Wildman–Crippen LogP) is 1.65. The van der Waals surface area contributed by atoms with Gasteiger partial charge in [0.25, 0.3) is 0 Å². The predicted molar refractivity (Wildman–Crippen MR) is 59.5 cm³/mol. The van der Waals surface area contributed by atoms with Crippen molar-refractivity contribution in [3.8, 4) is 0 Å². The topological polar surface area (TPSA) is 45.2 Å². The maximum atomic E-state index is 10.2. The van der Waals surface area contributed by atoms with Gasteiger partial charge in [0.1, 0.15) is 0 Å². The summed E-state index contributed by atoms with van der Waals surface area (Å²) in [5.74, 6) is 0. The van der Waals surface area contributed by atoms with Crippen LogP contribution in [0.15, 0.2) is 24.5 Å². The lowest BCUT2D eigenvalue weighted by Gasteiger charge is -2.22. The van der Waals surface area contributed by atoms with Crippen molar-refractivity contribution >= 4 is 0 Å². The smallest absolute Gasteiger partial charge is 0.0957 e. The number of aromatic nitrogens is 1. The fourth-order valence-corrected chi connectivity index (χ4v) is 2.11. The minimum Gasteiger partial charge on any atom is -0.387 e. The summed E-state index contributed by atoms with van der Waals surface area (Å²) in [6.07, 6.45) is 7.80. The second kappa shape index (κ2) is 5.24. The van der Waals surface area contributed by atoms with Gasteiger partial charge >= 0.3 is 0 Å². The average Bonchev–Trinajstić information content (AvgIpc) is 2.58. The highest BCUT2D eigenvalue weighted by Crippen LogP contribution is 2.21. The first-order valence-corrected chi connectivity index (χ1v) is 5.69. The Morgan fingerprint density at radius 1 is 1.40 bits per heavy atom. The van der Waals surface area contributed by atoms with Crippen LogP contribution in [0.25, 0.3) is 0 Å². The quantitative estimate of drug-likeness (QED) is 0.773. The van der Waals surface area contributed by atoms with E-state index in [1.54, 1.807) is 12.4 Å². The second-order valence-corrected chi connectivity index (χ2v) is 4.14. The van der Waals surface area contributed by atoms with E-state index in [1.807, 2.05) is 12.1 Å². The summed E-state index contributed by atoms with van der Waals surface area (Å²) >= 11 is 0. The molecule has 1 fully saturated rings. The van der Waals surface area contributed by atoms with Crippen LogP contribution in [0, 0.1) is 0 Å². The van der Waals surface area contributed by atoms with Crippen LogP contribution in [0.5, 0.6) is 0 Å². The highest BCUT2D eigenvalue weighted by atomic mass is 16.3. The van der Waals surface area contributed by atoms with Crippen LogP contribution in [-0.4, -0.2) is 22.7 Å². The molecule has 1 aliphatic rings. The standard InChI is InChI=1S/C12H18N2O/c15-12(10-5-4-7-13-9-10)11-6-2-1-3-8-14-11/h4-5,7,9,11-12,14-15H,1-3,6,8H2/t11?,12-/m0/s1. The number of rotatable bonds is 2. The third-order valence-corrected chi connectivity index (χ3v) is 3.01. The number of aliphatic hydroxyl groups excluding tert-OH is 1. The molecule has 2 rings (SSSR count). The van der Waals surface area contributed by atoms with Crippen molar-refractivity contribution in [1.29, 1.82) is 0 Å². The highest BCUT2D eigenvalue weighted by molar-refractivity contribution is 5.13. The second-order valence-electron chi connectivity index (χ2n) is 4.14. The van der Waals surface area contributed by atoms with Crippen molar-refractivity contribution in [2.24, 2.45) is 0 Å². The zero-order valence-corrected chi connectivity index (χ0v) is 8.89. The summed E-state index contributed by atoms with van der Waals surface area (Å²) in [4.78, 5) is 4.04. The number of nitrogens with zero attached hydrogens (tertiary/aromatic N) is 1. The molecular weight excluding hydrogens is 188 g/mol. The minimum atomic E-state index is -0.420. The Balaban J connectivity index is 2.03. The van der Waals surface area contributed by atoms with Crippen LogP contribution in [0.4, 0.5) is 0 Å². The van der Waals surface area contributed by atoms with E-state index in [4.69, 9.17) is 0 Å². The zero-order valence-electron chi connectivity index (χ0n) is 8.89. The van der Waals surface area contributed by atoms with Gasteiger partial charge in [-0.05, 0) is 25.5 Å². The van der Waals surface area contributed by atoms with E-state index in [0.717, 1.165) is 18.5 Å². The van der Waals surface area contributed by atoms with Gasteiger partial charge in [-0.25, -0.2) is 0 Å². The van der Waals surface area contributed by atoms with Crippen molar-refractivity contribution in [1.82, 2.24) is 10.3 Å². The van der Waals surface area contributed by atoms with E-state index in [0.29, 0.717) is 0 Å². The van der Waals surface area contributed by atoms with Gasteiger partial charge in [-0.3, -0.25) is 4.98 Å². The fraction of sp³-hybridized carbons (Fsp3) is 0.583. The van der Waals surface area contributed by atoms with Gasteiger partial charge in [0.05, 0.1) is 6.10 Å². The molecule has 1 aliphatic heterocycles. The SMILES string of the molecule is O[C@@H](c1cccnc1)C1CCCCCN1. The third kappa shape index (κ3) is 2.76. The monoisotopic (exact) mass is 206 g/mol. The van der Waals surface area contributed by atoms with Crippen LogP contribution < -0.4 is 5.32 Å². The van der Waals surface area contributed by atoms with E-state index in [2.05, 4.69) is 10.3 Å². The Hall–Kier alpha value is -0.930. The van der Waals surface area contributed by atoms with Crippen molar-refractivity contribution in [2.45, 2.75) is 37.8 Å². The summed E-state index contributed by atoms with van der Waals surface area (Å²) < 4.78 is 0. The molecule has 0 saturated carbocycles. The first-order valence-electron chi connectivity index (χ1n) is 5.69. The molecule has 0 spiro atoms. The molecule has 2 atom stereocenters. The Kier molecular flexibility index (Phi) is 3.69. The van der Waals surface area contributed by atoms with Gasteiger partial charge in [-0.1, -0.05) is 18.9 Å². The largest absolute Gasteiger partial charge is 0.387 e. The lowest BCUT2D eigenvalue weighted by atomic mass is 10.00. The van der Waals surface area contributed by atoms with Crippen molar-refractivity contribution < 1.29 is 5.11 Å². The molecule has 82 valence electrons. The van der Waals surface area contributed by atoms with Gasteiger partial charge < -0.3 is 10.4 Å². The molecule has 0 aliphatic carbocycles. The molecule has 0 amide bonds. The molecule has 0 radical (unpaired) electrons. The van der Waals surface area contributed by atoms with Crippen molar-refractivity contribution in [3.05, 3.63) is 30.1 Å². The third-order valence-electron chi connectivity index (χ3n) is 3.01. The van der Waals surface area contributed by atoms with Gasteiger partial charge in [0.2, 0.25) is 0 Å². The van der Waals surface area contributed by atoms with E-state index < -0.39 is 6.10 Å². The number of pyridine rings is 1. The van der Waals surface area contributed by atoms with Crippen molar-refractivity contribution in [2.75, 3.05) is 6.54 Å². The molecule has 0 aromatic carbocycles. The number of aliphatic hydroxyl groups is 1. The van der Waals surface area contributed by atoms with Crippen LogP contribution in [-0.2, 0) is 0 Å². The first kappa shape index (κ1) is 10.6. The molecule has 3 nitrogen and oxygen atoms in total. The van der Waals surface area contributed by atoms with E-state index in [9.17, 15) is 5.11 Å². The van der Waals surface area contributed by atoms with E-state index >= 15 is 0 Å². The van der Waals surface area contributed by atoms with Gasteiger partial charge in [0.15, 0.2) is 0 Å². The Labute approximate surface area is 90.5 Å². The fourth-order valence-electron chi connectivity index (χ4n) is 2.11. The molecule has 1 aromatic rings. The van der Waals surface area contributed by atoms with Crippen LogP contribution in [0.3, 0.4) is 0 Å². The van der Waals surface area contributed by atoms with E-state index in [-0.39, 0.29) is 6.04 Å². The maximum absolute atomic E-state index is 10.2. The van der Waals surface area contributed by atoms with Crippen LogP contribution in [0.1, 0.15) is 37.4 Å². The maximum Gasteiger partial charge on any atom is 0.0957 e. The number of hydrogen-bond acceptors (Lipinski definition) is 3. The summed E-state index contributed by atoms with van der Waals surface area (Å²) in [5, 5.41) is 13.6. The lowest BCUT2D eigenvalue weighted by molar-refractivity contribution is 0.126. The summed E-state index contributed by atoms with van der Waals surface area (Å²) in [7, 11) is 0. The van der Waals surface area contributed by atoms with Gasteiger partial charge in [0, 0.05) is 24.0 Å². The minimum absolute atomic E-state index is 0.191. The van der Waals surface area contributed by atoms with Crippen LogP contribution in [0.2, 0.25) is 0 Å². The Morgan fingerprint density at radius 3 is 3.13 bits per heavy atom. The molecule has 2 N–H and O–H groups in total.